The van der Waals surface area contributed by atoms with Crippen LogP contribution in [0.1, 0.15) is 24.0 Å². The Labute approximate surface area is 130 Å². The number of aryl methyl sites for hydroxylation is 2. The van der Waals surface area contributed by atoms with Gasteiger partial charge in [0.25, 0.3) is 0 Å². The lowest BCUT2D eigenvalue weighted by Crippen LogP contribution is -2.44. The molecule has 1 fully saturated rings. The van der Waals surface area contributed by atoms with Gasteiger partial charge in [-0.25, -0.2) is 0 Å². The summed E-state index contributed by atoms with van der Waals surface area (Å²) in [5, 5.41) is 0. The van der Waals surface area contributed by atoms with Crippen LogP contribution in [-0.4, -0.2) is 35.6 Å². The highest BCUT2D eigenvalue weighted by molar-refractivity contribution is 8.00. The molecule has 5 heteroatoms. The molecule has 0 bridgehead atoms. The zero-order chi connectivity index (χ0) is 15.4. The maximum Gasteiger partial charge on any atom is 0.232 e. The van der Waals surface area contributed by atoms with E-state index in [1.807, 2.05) is 0 Å². The standard InChI is InChI=1S/C16H22N2O2S/c1-11-5-6-14(12(2)8-11)21-10-15(19)18-7-3-4-13(9-18)16(17)20/h5-6,8,13H,3-4,7,9-10H2,1-2H3,(H2,17,20). The molecular weight excluding hydrogens is 284 g/mol. The second-order valence-corrected chi connectivity index (χ2v) is 6.66. The smallest absolute Gasteiger partial charge is 0.232 e. The van der Waals surface area contributed by atoms with Crippen LogP contribution in [0, 0.1) is 19.8 Å². The van der Waals surface area contributed by atoms with E-state index < -0.39 is 0 Å². The van der Waals surface area contributed by atoms with Gasteiger partial charge >= 0.3 is 0 Å². The Bertz CT molecular complexity index is 545. The van der Waals surface area contributed by atoms with Crippen molar-refractivity contribution in [3.05, 3.63) is 29.3 Å². The summed E-state index contributed by atoms with van der Waals surface area (Å²) in [5.74, 6) is 0.0179. The second kappa shape index (κ2) is 6.98. The summed E-state index contributed by atoms with van der Waals surface area (Å²) in [6.45, 7) is 5.33. The summed E-state index contributed by atoms with van der Waals surface area (Å²) in [4.78, 5) is 26.4. The number of likely N-dealkylation sites (tertiary alicyclic amines) is 1. The van der Waals surface area contributed by atoms with Gasteiger partial charge in [0, 0.05) is 18.0 Å². The third kappa shape index (κ3) is 4.24. The molecule has 0 spiro atoms. The Kier molecular flexibility index (Phi) is 5.28. The Hall–Kier alpha value is -1.49. The van der Waals surface area contributed by atoms with Gasteiger partial charge in [0.15, 0.2) is 0 Å². The fraction of sp³-hybridized carbons (Fsp3) is 0.500. The van der Waals surface area contributed by atoms with Gasteiger partial charge in [-0.3, -0.25) is 9.59 Å². The predicted octanol–water partition coefficient (Wildman–Crippen LogP) is 2.12. The maximum atomic E-state index is 12.3. The van der Waals surface area contributed by atoms with Crippen LogP contribution < -0.4 is 5.73 Å². The number of amides is 2. The van der Waals surface area contributed by atoms with E-state index in [0.717, 1.165) is 24.3 Å². The van der Waals surface area contributed by atoms with Crippen molar-refractivity contribution >= 4 is 23.6 Å². The molecule has 4 nitrogen and oxygen atoms in total. The van der Waals surface area contributed by atoms with Crippen molar-refractivity contribution in [3.8, 4) is 0 Å². The average molecular weight is 306 g/mol. The fourth-order valence-electron chi connectivity index (χ4n) is 2.63. The van der Waals surface area contributed by atoms with E-state index in [0.29, 0.717) is 12.3 Å². The van der Waals surface area contributed by atoms with Crippen LogP contribution in [-0.2, 0) is 9.59 Å². The number of thioether (sulfide) groups is 1. The molecule has 1 saturated heterocycles. The number of carbonyl (C=O) groups excluding carboxylic acids is 2. The van der Waals surface area contributed by atoms with Gasteiger partial charge in [0.05, 0.1) is 11.7 Å². The fourth-order valence-corrected chi connectivity index (χ4v) is 3.54. The largest absolute Gasteiger partial charge is 0.369 e. The maximum absolute atomic E-state index is 12.3. The first kappa shape index (κ1) is 15.9. The summed E-state index contributed by atoms with van der Waals surface area (Å²) in [7, 11) is 0. The molecule has 1 heterocycles. The Balaban J connectivity index is 1.90. The molecule has 0 radical (unpaired) electrons. The number of hydrogen-bond acceptors (Lipinski definition) is 3. The van der Waals surface area contributed by atoms with E-state index in [1.54, 1.807) is 16.7 Å². The Morgan fingerprint density at radius 3 is 2.81 bits per heavy atom. The van der Waals surface area contributed by atoms with Gasteiger partial charge < -0.3 is 10.6 Å². The van der Waals surface area contributed by atoms with Gasteiger partial charge in [-0.2, -0.15) is 0 Å². The first-order valence-electron chi connectivity index (χ1n) is 7.24. The number of hydrogen-bond donors (Lipinski definition) is 1. The highest BCUT2D eigenvalue weighted by atomic mass is 32.2. The lowest BCUT2D eigenvalue weighted by Gasteiger charge is -2.31. The molecule has 1 aliphatic rings. The first-order chi connectivity index (χ1) is 9.97. The number of nitrogens with two attached hydrogens (primary N) is 1. The predicted molar refractivity (Wildman–Crippen MR) is 85.1 cm³/mol. The van der Waals surface area contributed by atoms with E-state index in [-0.39, 0.29) is 17.7 Å². The number of piperidine rings is 1. The van der Waals surface area contributed by atoms with Crippen LogP contribution in [0.2, 0.25) is 0 Å². The second-order valence-electron chi connectivity index (χ2n) is 5.64. The summed E-state index contributed by atoms with van der Waals surface area (Å²) in [6.07, 6.45) is 1.65. The SMILES string of the molecule is Cc1ccc(SCC(=O)N2CCCC(C(N)=O)C2)c(C)c1. The number of primary amides is 1. The third-order valence-electron chi connectivity index (χ3n) is 3.86. The quantitative estimate of drug-likeness (QED) is 0.867. The van der Waals surface area contributed by atoms with Crippen LogP contribution in [0.15, 0.2) is 23.1 Å². The Morgan fingerprint density at radius 2 is 2.14 bits per heavy atom. The zero-order valence-corrected chi connectivity index (χ0v) is 13.4. The number of benzene rings is 1. The average Bonchev–Trinajstić information content (AvgIpc) is 2.46. The molecule has 1 atom stereocenters. The molecule has 2 rings (SSSR count). The minimum atomic E-state index is -0.297. The summed E-state index contributed by atoms with van der Waals surface area (Å²) < 4.78 is 0. The number of carbonyl (C=O) groups is 2. The van der Waals surface area contributed by atoms with Crippen molar-refractivity contribution in [3.63, 3.8) is 0 Å². The minimum Gasteiger partial charge on any atom is -0.369 e. The lowest BCUT2D eigenvalue weighted by molar-refractivity contribution is -0.132. The normalized spacial score (nSPS) is 18.6. The van der Waals surface area contributed by atoms with Gasteiger partial charge in [-0.05, 0) is 38.3 Å². The molecule has 21 heavy (non-hydrogen) atoms. The van der Waals surface area contributed by atoms with Crippen molar-refractivity contribution in [2.24, 2.45) is 11.7 Å². The molecule has 114 valence electrons. The van der Waals surface area contributed by atoms with Crippen molar-refractivity contribution in [2.45, 2.75) is 31.6 Å². The highest BCUT2D eigenvalue weighted by Crippen LogP contribution is 2.24. The van der Waals surface area contributed by atoms with Crippen LogP contribution in [0.4, 0.5) is 0 Å². The summed E-state index contributed by atoms with van der Waals surface area (Å²) in [6, 6.07) is 6.24. The molecule has 1 aromatic carbocycles. The minimum absolute atomic E-state index is 0.0888. The first-order valence-corrected chi connectivity index (χ1v) is 8.23. The van der Waals surface area contributed by atoms with Crippen LogP contribution in [0.3, 0.4) is 0 Å². The van der Waals surface area contributed by atoms with Crippen molar-refractivity contribution in [1.82, 2.24) is 4.90 Å². The monoisotopic (exact) mass is 306 g/mol. The molecule has 0 aliphatic carbocycles. The highest BCUT2D eigenvalue weighted by Gasteiger charge is 2.26. The number of rotatable bonds is 4. The topological polar surface area (TPSA) is 63.4 Å². The molecule has 2 N–H and O–H groups in total. The van der Waals surface area contributed by atoms with Crippen molar-refractivity contribution in [2.75, 3.05) is 18.8 Å². The summed E-state index contributed by atoms with van der Waals surface area (Å²) in [5.41, 5.74) is 7.77. The van der Waals surface area contributed by atoms with E-state index in [4.69, 9.17) is 5.73 Å². The molecule has 0 saturated carbocycles. The van der Waals surface area contributed by atoms with Crippen LogP contribution in [0.25, 0.3) is 0 Å². The third-order valence-corrected chi connectivity index (χ3v) is 5.02. The van der Waals surface area contributed by atoms with E-state index in [1.165, 1.54) is 11.1 Å². The van der Waals surface area contributed by atoms with Gasteiger partial charge in [0.2, 0.25) is 11.8 Å². The molecule has 1 unspecified atom stereocenters. The van der Waals surface area contributed by atoms with Gasteiger partial charge in [0.1, 0.15) is 0 Å². The van der Waals surface area contributed by atoms with Crippen molar-refractivity contribution < 1.29 is 9.59 Å². The molecular formula is C16H22N2O2S. The van der Waals surface area contributed by atoms with Gasteiger partial charge in [-0.15, -0.1) is 11.8 Å². The van der Waals surface area contributed by atoms with E-state index in [9.17, 15) is 9.59 Å². The Morgan fingerprint density at radius 1 is 1.38 bits per heavy atom. The molecule has 1 aromatic rings. The number of nitrogens with zero attached hydrogens (tertiary/aromatic N) is 1. The molecule has 1 aliphatic heterocycles. The van der Waals surface area contributed by atoms with E-state index in [2.05, 4.69) is 32.0 Å². The molecule has 2 amide bonds. The summed E-state index contributed by atoms with van der Waals surface area (Å²) >= 11 is 1.56. The molecule has 0 aromatic heterocycles. The van der Waals surface area contributed by atoms with Gasteiger partial charge in [-0.1, -0.05) is 17.7 Å². The van der Waals surface area contributed by atoms with Crippen molar-refractivity contribution in [1.29, 1.82) is 0 Å². The van der Waals surface area contributed by atoms with Crippen LogP contribution >= 0.6 is 11.8 Å². The van der Waals surface area contributed by atoms with E-state index >= 15 is 0 Å². The zero-order valence-electron chi connectivity index (χ0n) is 12.6. The lowest BCUT2D eigenvalue weighted by atomic mass is 9.97. The van der Waals surface area contributed by atoms with Crippen LogP contribution in [0.5, 0.6) is 0 Å².